The van der Waals surface area contributed by atoms with E-state index >= 15 is 0 Å². The molecule has 2 N–H and O–H groups in total. The molecule has 2 aromatic heterocycles. The number of nitrogens with zero attached hydrogens (tertiary/aromatic N) is 4. The Balaban J connectivity index is 2.25. The van der Waals surface area contributed by atoms with Crippen LogP contribution >= 0.6 is 0 Å². The molecular weight excluding hydrogens is 226 g/mol. The Hall–Kier alpha value is -2.30. The van der Waals surface area contributed by atoms with Gasteiger partial charge in [-0.05, 0) is 24.6 Å². The van der Waals surface area contributed by atoms with Gasteiger partial charge in [0.1, 0.15) is 11.6 Å². The molecule has 0 atom stereocenters. The molecule has 5 nitrogen and oxygen atoms in total. The van der Waals surface area contributed by atoms with E-state index in [0.29, 0.717) is 5.82 Å². The van der Waals surface area contributed by atoms with Gasteiger partial charge in [-0.1, -0.05) is 6.07 Å². The molecule has 1 aromatic carbocycles. The molecule has 0 fully saturated rings. The number of imidazole rings is 1. The highest BCUT2D eigenvalue weighted by molar-refractivity contribution is 5.85. The van der Waals surface area contributed by atoms with Crippen molar-refractivity contribution in [3.63, 3.8) is 0 Å². The van der Waals surface area contributed by atoms with Crippen LogP contribution in [-0.2, 0) is 14.1 Å². The zero-order chi connectivity index (χ0) is 12.9. The number of hydrogen-bond acceptors (Lipinski definition) is 3. The van der Waals surface area contributed by atoms with E-state index in [2.05, 4.69) is 20.7 Å². The first-order valence-electron chi connectivity index (χ1n) is 5.79. The molecule has 0 unspecified atom stereocenters. The second kappa shape index (κ2) is 3.60. The number of anilines is 1. The molecule has 0 saturated heterocycles. The first-order valence-corrected chi connectivity index (χ1v) is 5.79. The van der Waals surface area contributed by atoms with E-state index in [-0.39, 0.29) is 0 Å². The van der Waals surface area contributed by atoms with Gasteiger partial charge in [-0.2, -0.15) is 5.10 Å². The topological polar surface area (TPSA) is 61.7 Å². The van der Waals surface area contributed by atoms with Crippen LogP contribution in [0.2, 0.25) is 0 Å². The van der Waals surface area contributed by atoms with Gasteiger partial charge in [-0.25, -0.2) is 4.98 Å². The lowest BCUT2D eigenvalue weighted by Gasteiger charge is -2.02. The third-order valence-corrected chi connectivity index (χ3v) is 3.40. The summed E-state index contributed by atoms with van der Waals surface area (Å²) in [4.78, 5) is 4.49. The van der Waals surface area contributed by atoms with Crippen LogP contribution in [-0.4, -0.2) is 19.3 Å². The van der Waals surface area contributed by atoms with Crippen molar-refractivity contribution in [3.05, 3.63) is 30.2 Å². The summed E-state index contributed by atoms with van der Waals surface area (Å²) in [6.45, 7) is 2.00. The van der Waals surface area contributed by atoms with Crippen molar-refractivity contribution in [3.8, 4) is 11.1 Å². The molecule has 2 heterocycles. The van der Waals surface area contributed by atoms with Crippen LogP contribution in [0.15, 0.2) is 24.4 Å². The van der Waals surface area contributed by atoms with E-state index in [1.165, 1.54) is 0 Å². The molecule has 3 aromatic rings. The largest absolute Gasteiger partial charge is 0.383 e. The average Bonchev–Trinajstić information content (AvgIpc) is 2.83. The Bertz CT molecular complexity index is 735. The van der Waals surface area contributed by atoms with E-state index in [4.69, 9.17) is 5.73 Å². The Kier molecular flexibility index (Phi) is 2.16. The van der Waals surface area contributed by atoms with Crippen molar-refractivity contribution < 1.29 is 0 Å². The Morgan fingerprint density at radius 3 is 2.67 bits per heavy atom. The standard InChI is InChI=1S/C13H15N5/c1-8-16-11-5-4-9(6-12(11)17(8)2)10-7-15-18(3)13(10)14/h4-7H,14H2,1-3H3. The van der Waals surface area contributed by atoms with Gasteiger partial charge >= 0.3 is 0 Å². The molecule has 0 radical (unpaired) electrons. The highest BCUT2D eigenvalue weighted by atomic mass is 15.3. The molecule has 0 spiro atoms. The lowest BCUT2D eigenvalue weighted by atomic mass is 10.1. The maximum absolute atomic E-state index is 6.00. The van der Waals surface area contributed by atoms with Crippen molar-refractivity contribution in [1.82, 2.24) is 19.3 Å². The van der Waals surface area contributed by atoms with Crippen LogP contribution in [0.3, 0.4) is 0 Å². The normalized spacial score (nSPS) is 11.3. The van der Waals surface area contributed by atoms with Crippen LogP contribution in [0.1, 0.15) is 5.82 Å². The third kappa shape index (κ3) is 1.40. The van der Waals surface area contributed by atoms with Gasteiger partial charge in [-0.3, -0.25) is 4.68 Å². The number of aryl methyl sites for hydroxylation is 3. The Morgan fingerprint density at radius 2 is 2.00 bits per heavy atom. The number of benzene rings is 1. The monoisotopic (exact) mass is 241 g/mol. The first kappa shape index (κ1) is 10.8. The maximum atomic E-state index is 6.00. The fraction of sp³-hybridized carbons (Fsp3) is 0.231. The number of nitrogens with two attached hydrogens (primary N) is 1. The lowest BCUT2D eigenvalue weighted by molar-refractivity contribution is 0.779. The van der Waals surface area contributed by atoms with Gasteiger partial charge < -0.3 is 10.3 Å². The lowest BCUT2D eigenvalue weighted by Crippen LogP contribution is -1.98. The van der Waals surface area contributed by atoms with Gasteiger partial charge in [0, 0.05) is 19.7 Å². The summed E-state index contributed by atoms with van der Waals surface area (Å²) in [5.74, 6) is 1.68. The van der Waals surface area contributed by atoms with E-state index in [1.54, 1.807) is 10.9 Å². The van der Waals surface area contributed by atoms with E-state index in [0.717, 1.165) is 28.0 Å². The number of rotatable bonds is 1. The van der Waals surface area contributed by atoms with E-state index in [1.807, 2.05) is 33.2 Å². The summed E-state index contributed by atoms with van der Waals surface area (Å²) in [7, 11) is 3.85. The minimum atomic E-state index is 0.674. The highest BCUT2D eigenvalue weighted by Crippen LogP contribution is 2.28. The van der Waals surface area contributed by atoms with Crippen LogP contribution in [0.25, 0.3) is 22.2 Å². The van der Waals surface area contributed by atoms with Crippen LogP contribution < -0.4 is 5.73 Å². The van der Waals surface area contributed by atoms with Gasteiger partial charge in [0.2, 0.25) is 0 Å². The zero-order valence-corrected chi connectivity index (χ0v) is 10.7. The predicted octanol–water partition coefficient (Wildman–Crippen LogP) is 1.86. The summed E-state index contributed by atoms with van der Waals surface area (Å²) in [5.41, 5.74) is 10.1. The molecule has 18 heavy (non-hydrogen) atoms. The van der Waals surface area contributed by atoms with E-state index < -0.39 is 0 Å². The fourth-order valence-corrected chi connectivity index (χ4v) is 2.15. The molecule has 92 valence electrons. The molecule has 3 rings (SSSR count). The summed E-state index contributed by atoms with van der Waals surface area (Å²) >= 11 is 0. The van der Waals surface area contributed by atoms with Crippen molar-refractivity contribution in [2.24, 2.45) is 14.1 Å². The zero-order valence-electron chi connectivity index (χ0n) is 10.7. The molecule has 0 aliphatic heterocycles. The molecular formula is C13H15N5. The second-order valence-electron chi connectivity index (χ2n) is 4.49. The van der Waals surface area contributed by atoms with Crippen LogP contribution in [0, 0.1) is 6.92 Å². The number of nitrogen functional groups attached to an aromatic ring is 1. The van der Waals surface area contributed by atoms with Crippen molar-refractivity contribution in [2.75, 3.05) is 5.73 Å². The predicted molar refractivity (Wildman–Crippen MR) is 72.1 cm³/mol. The molecule has 0 aliphatic carbocycles. The smallest absolute Gasteiger partial charge is 0.129 e. The summed E-state index contributed by atoms with van der Waals surface area (Å²) in [5, 5.41) is 4.17. The molecule has 0 saturated carbocycles. The summed E-state index contributed by atoms with van der Waals surface area (Å²) < 4.78 is 3.75. The minimum Gasteiger partial charge on any atom is -0.383 e. The van der Waals surface area contributed by atoms with Crippen LogP contribution in [0.5, 0.6) is 0 Å². The Morgan fingerprint density at radius 1 is 1.22 bits per heavy atom. The third-order valence-electron chi connectivity index (χ3n) is 3.40. The molecule has 0 aliphatic rings. The number of aromatic nitrogens is 4. The maximum Gasteiger partial charge on any atom is 0.129 e. The first-order chi connectivity index (χ1) is 8.58. The summed E-state index contributed by atoms with van der Waals surface area (Å²) in [6.07, 6.45) is 1.79. The van der Waals surface area contributed by atoms with Crippen LogP contribution in [0.4, 0.5) is 5.82 Å². The minimum absolute atomic E-state index is 0.674. The van der Waals surface area contributed by atoms with Gasteiger partial charge in [0.05, 0.1) is 17.2 Å². The van der Waals surface area contributed by atoms with Crippen molar-refractivity contribution in [1.29, 1.82) is 0 Å². The second-order valence-corrected chi connectivity index (χ2v) is 4.49. The van der Waals surface area contributed by atoms with Crippen molar-refractivity contribution in [2.45, 2.75) is 6.92 Å². The van der Waals surface area contributed by atoms with Gasteiger partial charge in [0.15, 0.2) is 0 Å². The molecule has 5 heteroatoms. The quantitative estimate of drug-likeness (QED) is 0.707. The molecule has 0 bridgehead atoms. The number of fused-ring (bicyclic) bond motifs is 1. The average molecular weight is 241 g/mol. The highest BCUT2D eigenvalue weighted by Gasteiger charge is 2.10. The summed E-state index contributed by atoms with van der Waals surface area (Å²) in [6, 6.07) is 6.15. The van der Waals surface area contributed by atoms with Crippen molar-refractivity contribution >= 4 is 16.9 Å². The number of hydrogen-bond donors (Lipinski definition) is 1. The van der Waals surface area contributed by atoms with E-state index in [9.17, 15) is 0 Å². The molecule has 0 amide bonds. The van der Waals surface area contributed by atoms with Gasteiger partial charge in [0.25, 0.3) is 0 Å². The fourth-order valence-electron chi connectivity index (χ4n) is 2.15. The Labute approximate surface area is 105 Å². The van der Waals surface area contributed by atoms with Gasteiger partial charge in [-0.15, -0.1) is 0 Å². The SMILES string of the molecule is Cc1nc2ccc(-c3cnn(C)c3N)cc2n1C.